The molecule has 0 spiro atoms. The van der Waals surface area contributed by atoms with Gasteiger partial charge in [-0.25, -0.2) is 13.6 Å². The van der Waals surface area contributed by atoms with Gasteiger partial charge in [-0.2, -0.15) is 0 Å². The summed E-state index contributed by atoms with van der Waals surface area (Å²) in [7, 11) is 6.64. The van der Waals surface area contributed by atoms with Gasteiger partial charge in [-0.15, -0.1) is 0 Å². The number of hydrogen-bond acceptors (Lipinski definition) is 3. The maximum atomic E-state index is 14.1. The van der Waals surface area contributed by atoms with E-state index in [-0.39, 0.29) is 16.7 Å². The van der Waals surface area contributed by atoms with Gasteiger partial charge in [0.1, 0.15) is 11.3 Å². The van der Waals surface area contributed by atoms with Gasteiger partial charge in [0.2, 0.25) is 5.82 Å². The number of benzene rings is 2. The average Bonchev–Trinajstić information content (AvgIpc) is 2.66. The van der Waals surface area contributed by atoms with Gasteiger partial charge in [-0.3, -0.25) is 0 Å². The lowest BCUT2D eigenvalue weighted by atomic mass is 9.84. The molecule has 6 heteroatoms. The van der Waals surface area contributed by atoms with Crippen molar-refractivity contribution in [2.24, 2.45) is 0 Å². The number of methoxy groups -OCH3 is 1. The van der Waals surface area contributed by atoms with Gasteiger partial charge in [0.25, 0.3) is 0 Å². The number of aryl methyl sites for hydroxylation is 1. The number of rotatable bonds is 7. The summed E-state index contributed by atoms with van der Waals surface area (Å²) in [5.74, 6) is -3.04. The number of halogens is 2. The average molecular weight is 382 g/mol. The van der Waals surface area contributed by atoms with Gasteiger partial charge in [0.15, 0.2) is 7.85 Å². The minimum absolute atomic E-state index is 0.0536. The van der Waals surface area contributed by atoms with E-state index in [1.807, 2.05) is 0 Å². The van der Waals surface area contributed by atoms with Crippen LogP contribution in [-0.2, 0) is 12.2 Å². The van der Waals surface area contributed by atoms with Crippen LogP contribution in [0.15, 0.2) is 51.7 Å². The number of ether oxygens (including phenoxy) is 1. The molecule has 1 aromatic heterocycles. The Balaban J connectivity index is 2.11. The minimum atomic E-state index is -3.57. The van der Waals surface area contributed by atoms with Crippen LogP contribution in [0.25, 0.3) is 22.1 Å². The van der Waals surface area contributed by atoms with Gasteiger partial charge in [0, 0.05) is 17.0 Å². The van der Waals surface area contributed by atoms with Gasteiger partial charge in [-0.1, -0.05) is 38.0 Å². The molecule has 28 heavy (non-hydrogen) atoms. The van der Waals surface area contributed by atoms with E-state index >= 15 is 0 Å². The second kappa shape index (κ2) is 8.17. The normalized spacial score (nSPS) is 11.7. The van der Waals surface area contributed by atoms with E-state index in [1.165, 1.54) is 19.2 Å². The Kier molecular flexibility index (Phi) is 5.87. The zero-order valence-electron chi connectivity index (χ0n) is 15.9. The third-order valence-electron chi connectivity index (χ3n) is 4.75. The van der Waals surface area contributed by atoms with E-state index in [4.69, 9.17) is 17.0 Å². The van der Waals surface area contributed by atoms with Crippen molar-refractivity contribution in [3.63, 3.8) is 0 Å². The predicted molar refractivity (Wildman–Crippen MR) is 107 cm³/mol. The van der Waals surface area contributed by atoms with Crippen LogP contribution in [0.3, 0.4) is 0 Å². The van der Waals surface area contributed by atoms with Crippen LogP contribution in [-0.4, -0.2) is 15.0 Å². The van der Waals surface area contributed by atoms with Crippen molar-refractivity contribution in [2.75, 3.05) is 7.11 Å². The number of fused-ring (bicyclic) bond motifs is 1. The molecule has 0 amide bonds. The first kappa shape index (κ1) is 20.1. The van der Waals surface area contributed by atoms with E-state index < -0.39 is 11.4 Å². The third kappa shape index (κ3) is 4.27. The van der Waals surface area contributed by atoms with Crippen molar-refractivity contribution < 1.29 is 17.9 Å². The standard InChI is InChI=1S/C22H21BF2O3/c1-3-4-5-6-14-7-10-17(19(11-14)22(23,24)25)18-12-15-8-9-16(27-2)13-20(15)28-21(18)26/h7-13H,3-6H2,1-2H3. The van der Waals surface area contributed by atoms with Crippen molar-refractivity contribution in [3.05, 3.63) is 64.0 Å². The molecule has 3 rings (SSSR count). The van der Waals surface area contributed by atoms with Crippen LogP contribution in [0.5, 0.6) is 5.75 Å². The summed E-state index contributed by atoms with van der Waals surface area (Å²) < 4.78 is 38.7. The highest BCUT2D eigenvalue weighted by atomic mass is 19.3. The first-order valence-corrected chi connectivity index (χ1v) is 9.26. The Labute approximate surface area is 163 Å². The zero-order chi connectivity index (χ0) is 20.3. The minimum Gasteiger partial charge on any atom is -0.497 e. The summed E-state index contributed by atoms with van der Waals surface area (Å²) in [5.41, 5.74) is 0.153. The fraction of sp³-hybridized carbons (Fsp3) is 0.318. The molecule has 0 aliphatic rings. The van der Waals surface area contributed by atoms with E-state index in [1.54, 1.807) is 30.3 Å². The summed E-state index contributed by atoms with van der Waals surface area (Å²) in [4.78, 5) is 12.5. The van der Waals surface area contributed by atoms with Crippen molar-refractivity contribution in [3.8, 4) is 16.9 Å². The molecule has 0 aliphatic carbocycles. The van der Waals surface area contributed by atoms with Gasteiger partial charge >= 0.3 is 5.63 Å². The van der Waals surface area contributed by atoms with E-state index in [9.17, 15) is 13.6 Å². The maximum absolute atomic E-state index is 14.1. The van der Waals surface area contributed by atoms with E-state index in [2.05, 4.69) is 6.92 Å². The van der Waals surface area contributed by atoms with Gasteiger partial charge in [0.05, 0.1) is 12.7 Å². The van der Waals surface area contributed by atoms with Crippen LogP contribution in [0.4, 0.5) is 8.78 Å². The highest BCUT2D eigenvalue weighted by Crippen LogP contribution is 2.35. The second-order valence-electron chi connectivity index (χ2n) is 6.81. The lowest BCUT2D eigenvalue weighted by Crippen LogP contribution is -2.16. The molecule has 2 radical (unpaired) electrons. The highest BCUT2D eigenvalue weighted by molar-refractivity contribution is 6.14. The third-order valence-corrected chi connectivity index (χ3v) is 4.75. The van der Waals surface area contributed by atoms with Gasteiger partial charge in [-0.05, 0) is 42.2 Å². The molecule has 0 bridgehead atoms. The Morgan fingerprint density at radius 1 is 1.07 bits per heavy atom. The SMILES string of the molecule is [B]C(F)(F)c1cc(CCCCC)ccc1-c1cc2ccc(OC)cc2oc1=O. The van der Waals surface area contributed by atoms with Crippen LogP contribution in [0.2, 0.25) is 0 Å². The fourth-order valence-corrected chi connectivity index (χ4v) is 3.24. The Bertz CT molecular complexity index is 1040. The van der Waals surface area contributed by atoms with Crippen LogP contribution in [0, 0.1) is 0 Å². The number of unbranched alkanes of at least 4 members (excludes halogenated alkanes) is 2. The van der Waals surface area contributed by atoms with Crippen molar-refractivity contribution >= 4 is 18.8 Å². The molecule has 0 aliphatic heterocycles. The summed E-state index contributed by atoms with van der Waals surface area (Å²) in [6, 6.07) is 11.2. The highest BCUT2D eigenvalue weighted by Gasteiger charge is 2.29. The molecule has 0 N–H and O–H groups in total. The summed E-state index contributed by atoms with van der Waals surface area (Å²) >= 11 is 0. The molecule has 3 nitrogen and oxygen atoms in total. The molecule has 1 heterocycles. The largest absolute Gasteiger partial charge is 0.497 e. The molecule has 0 saturated heterocycles. The second-order valence-corrected chi connectivity index (χ2v) is 6.81. The number of hydrogen-bond donors (Lipinski definition) is 0. The molecule has 144 valence electrons. The van der Waals surface area contributed by atoms with Crippen LogP contribution in [0.1, 0.15) is 37.3 Å². The molecule has 0 unspecified atom stereocenters. The molecule has 3 aromatic rings. The van der Waals surface area contributed by atoms with Gasteiger partial charge < -0.3 is 9.15 Å². The Morgan fingerprint density at radius 3 is 2.54 bits per heavy atom. The van der Waals surface area contributed by atoms with Crippen LogP contribution < -0.4 is 10.4 Å². The number of alkyl halides is 2. The quantitative estimate of drug-likeness (QED) is 0.311. The Morgan fingerprint density at radius 2 is 1.86 bits per heavy atom. The van der Waals surface area contributed by atoms with Crippen molar-refractivity contribution in [2.45, 2.75) is 38.4 Å². The molecular formula is C22H21BF2O3. The lowest BCUT2D eigenvalue weighted by molar-refractivity contribution is 0.0947. The monoisotopic (exact) mass is 382 g/mol. The van der Waals surface area contributed by atoms with Crippen molar-refractivity contribution in [1.82, 2.24) is 0 Å². The summed E-state index contributed by atoms with van der Waals surface area (Å²) in [6.45, 7) is 2.08. The van der Waals surface area contributed by atoms with E-state index in [0.717, 1.165) is 24.8 Å². The summed E-state index contributed by atoms with van der Waals surface area (Å²) in [6.07, 6.45) is 3.66. The first-order chi connectivity index (χ1) is 13.3. The first-order valence-electron chi connectivity index (χ1n) is 9.26. The zero-order valence-corrected chi connectivity index (χ0v) is 15.9. The smallest absolute Gasteiger partial charge is 0.344 e. The lowest BCUT2D eigenvalue weighted by Gasteiger charge is -2.18. The molecular weight excluding hydrogens is 361 g/mol. The van der Waals surface area contributed by atoms with Crippen molar-refractivity contribution in [1.29, 1.82) is 0 Å². The van der Waals surface area contributed by atoms with E-state index in [0.29, 0.717) is 23.1 Å². The summed E-state index contributed by atoms with van der Waals surface area (Å²) in [5, 5.41) is 0.605. The van der Waals surface area contributed by atoms with Crippen LogP contribution >= 0.6 is 0 Å². The molecule has 0 saturated carbocycles. The fourth-order valence-electron chi connectivity index (χ4n) is 3.24. The molecule has 2 aromatic carbocycles. The molecule has 0 fully saturated rings. The predicted octanol–water partition coefficient (Wildman–Crippen LogP) is 5.42. The topological polar surface area (TPSA) is 39.4 Å². The maximum Gasteiger partial charge on any atom is 0.344 e. The Hall–Kier alpha value is -2.63. The molecule has 0 atom stereocenters.